The fourth-order valence-electron chi connectivity index (χ4n) is 8.43. The lowest BCUT2D eigenvalue weighted by atomic mass is 9.35. The quantitative estimate of drug-likeness (QED) is 0.198. The van der Waals surface area contributed by atoms with Crippen LogP contribution in [0.4, 0.5) is 0 Å². The Labute approximate surface area is 265 Å². The molecule has 1 atom stereocenters. The van der Waals surface area contributed by atoms with E-state index in [0.29, 0.717) is 0 Å². The van der Waals surface area contributed by atoms with E-state index in [1.165, 1.54) is 79.4 Å². The molecule has 1 aromatic heterocycles. The maximum atomic E-state index is 6.75. The highest BCUT2D eigenvalue weighted by atomic mass is 35.5. The number of halogens is 1. The van der Waals surface area contributed by atoms with Gasteiger partial charge in [-0.15, -0.1) is 0 Å². The Morgan fingerprint density at radius 3 is 2.43 bits per heavy atom. The first-order valence-electron chi connectivity index (χ1n) is 16.0. The van der Waals surface area contributed by atoms with Crippen LogP contribution in [-0.2, 0) is 12.8 Å². The van der Waals surface area contributed by atoms with E-state index in [0.717, 1.165) is 29.0 Å². The van der Waals surface area contributed by atoms with E-state index in [-0.39, 0.29) is 6.71 Å². The summed E-state index contributed by atoms with van der Waals surface area (Å²) in [7, 11) is -1.95. The Morgan fingerprint density at radius 1 is 0.773 bits per heavy atom. The topological polar surface area (TPSA) is 14.2 Å². The van der Waals surface area contributed by atoms with Crippen LogP contribution >= 0.6 is 11.6 Å². The molecular weight excluding hydrogens is 573 g/mol. The number of aryl methyl sites for hydroxylation is 1. The molecule has 0 radical (unpaired) electrons. The van der Waals surface area contributed by atoms with Crippen molar-refractivity contribution in [1.29, 1.82) is 0 Å². The summed E-state index contributed by atoms with van der Waals surface area (Å²) in [5.74, 6) is 1.96. The van der Waals surface area contributed by atoms with Gasteiger partial charge in [-0.1, -0.05) is 108 Å². The van der Waals surface area contributed by atoms with Crippen LogP contribution in [0.1, 0.15) is 31.0 Å². The highest BCUT2D eigenvalue weighted by molar-refractivity contribution is 7.15. The predicted octanol–water partition coefficient (Wildman–Crippen LogP) is 6.98. The Hall–Kier alpha value is -3.99. The molecule has 5 aromatic carbocycles. The Morgan fingerprint density at radius 2 is 1.57 bits per heavy atom. The van der Waals surface area contributed by atoms with Gasteiger partial charge in [0.1, 0.15) is 19.6 Å². The maximum Gasteiger partial charge on any atom is 0.250 e. The molecule has 0 N–H and O–H groups in total. The second kappa shape index (κ2) is 9.76. The number of hydrogen-bond acceptors (Lipinski definition) is 1. The minimum atomic E-state index is -1.95. The van der Waals surface area contributed by atoms with Gasteiger partial charge in [-0.3, -0.25) is 0 Å². The summed E-state index contributed by atoms with van der Waals surface area (Å²) in [5, 5.41) is 5.20. The molecule has 214 valence electrons. The molecule has 0 amide bonds. The number of para-hydroxylation sites is 1. The monoisotopic (exact) mass is 605 g/mol. The lowest BCUT2D eigenvalue weighted by Crippen LogP contribution is -2.78. The average molecular weight is 606 g/mol. The summed E-state index contributed by atoms with van der Waals surface area (Å²) < 4.78 is 9.25. The molecule has 2 nitrogen and oxygen atoms in total. The molecule has 0 saturated heterocycles. The summed E-state index contributed by atoms with van der Waals surface area (Å²) in [6, 6.07) is 39.2. The van der Waals surface area contributed by atoms with Gasteiger partial charge in [-0.2, -0.15) is 0 Å². The predicted molar refractivity (Wildman–Crippen MR) is 189 cm³/mol. The first-order chi connectivity index (χ1) is 21.5. The van der Waals surface area contributed by atoms with Gasteiger partial charge in [-0.05, 0) is 95.8 Å². The molecule has 3 aliphatic rings. The van der Waals surface area contributed by atoms with Gasteiger partial charge in [0, 0.05) is 21.8 Å². The van der Waals surface area contributed by atoms with Crippen molar-refractivity contribution in [2.45, 2.75) is 45.2 Å². The average Bonchev–Trinajstić information content (AvgIpc) is 3.41. The van der Waals surface area contributed by atoms with E-state index in [1.807, 2.05) is 0 Å². The van der Waals surface area contributed by atoms with Crippen molar-refractivity contribution in [3.8, 4) is 28.3 Å². The van der Waals surface area contributed by atoms with Crippen molar-refractivity contribution in [2.75, 3.05) is 0 Å². The largest absolute Gasteiger partial charge is 0.458 e. The fraction of sp³-hybridized carbons (Fsp3) is 0.179. The first kappa shape index (κ1) is 26.4. The summed E-state index contributed by atoms with van der Waals surface area (Å²) in [4.78, 5) is 0. The van der Waals surface area contributed by atoms with Crippen LogP contribution in [0, 0.1) is 0 Å². The van der Waals surface area contributed by atoms with Gasteiger partial charge < -0.3 is 9.30 Å². The third kappa shape index (κ3) is 3.68. The molecule has 9 rings (SSSR count). The number of ether oxygens (including phenoxy) is 1. The van der Waals surface area contributed by atoms with E-state index < -0.39 is 8.07 Å². The Kier molecular flexibility index (Phi) is 5.86. The SMILES string of the molecule is CC[Si]1(C)c2cc(Cl)ccc2B2c3ccc(-c4ccc(-n5c6c(c7ccccc75)CCCC6)cc4)cc3Oc3cccc1c32. The van der Waals surface area contributed by atoms with Gasteiger partial charge in [0.25, 0.3) is 6.71 Å². The van der Waals surface area contributed by atoms with Crippen LogP contribution in [-0.4, -0.2) is 19.4 Å². The molecule has 0 saturated carbocycles. The zero-order valence-corrected chi connectivity index (χ0v) is 26.9. The van der Waals surface area contributed by atoms with Crippen molar-refractivity contribution in [1.82, 2.24) is 4.57 Å². The van der Waals surface area contributed by atoms with Gasteiger partial charge in [0.05, 0.1) is 5.52 Å². The summed E-state index contributed by atoms with van der Waals surface area (Å²) >= 11 is 6.62. The van der Waals surface area contributed by atoms with Gasteiger partial charge in [-0.25, -0.2) is 0 Å². The number of hydrogen-bond donors (Lipinski definition) is 0. The third-order valence-electron chi connectivity index (χ3n) is 10.8. The zero-order chi connectivity index (χ0) is 29.6. The molecule has 44 heavy (non-hydrogen) atoms. The molecule has 3 heterocycles. The number of aromatic nitrogens is 1. The molecule has 2 aliphatic heterocycles. The van der Waals surface area contributed by atoms with Crippen molar-refractivity contribution >= 4 is 64.1 Å². The van der Waals surface area contributed by atoms with Crippen LogP contribution in [0.3, 0.4) is 0 Å². The van der Waals surface area contributed by atoms with Crippen LogP contribution < -0.4 is 31.5 Å². The lowest BCUT2D eigenvalue weighted by Gasteiger charge is -2.42. The fourth-order valence-corrected chi connectivity index (χ4v) is 12.4. The van der Waals surface area contributed by atoms with Gasteiger partial charge in [0.15, 0.2) is 0 Å². The molecule has 0 spiro atoms. The standard InChI is InChI=1S/C39H33BClNOSi/c1-3-44(2)37-14-8-13-35-39(37)40(32-22-18-27(41)24-38(32)44)31-21-17-26(23-36(31)43-35)25-15-19-28(20-16-25)42-33-11-6-4-9-29(33)30-10-5-7-12-34(30)42/h4,6,8-9,11,13-24H,3,5,7,10,12H2,1-2H3. The minimum Gasteiger partial charge on any atom is -0.458 e. The zero-order valence-electron chi connectivity index (χ0n) is 25.2. The number of nitrogens with zero attached hydrogens (tertiary/aromatic N) is 1. The molecule has 0 bridgehead atoms. The summed E-state index contributed by atoms with van der Waals surface area (Å²) in [6.45, 7) is 4.98. The van der Waals surface area contributed by atoms with E-state index in [9.17, 15) is 0 Å². The normalized spacial score (nSPS) is 17.8. The summed E-state index contributed by atoms with van der Waals surface area (Å²) in [5.41, 5.74) is 12.0. The smallest absolute Gasteiger partial charge is 0.250 e. The molecule has 6 aromatic rings. The number of rotatable bonds is 3. The van der Waals surface area contributed by atoms with Crippen LogP contribution in [0.2, 0.25) is 17.6 Å². The molecule has 1 aliphatic carbocycles. The third-order valence-corrected chi connectivity index (χ3v) is 15.7. The van der Waals surface area contributed by atoms with E-state index >= 15 is 0 Å². The van der Waals surface area contributed by atoms with Crippen molar-refractivity contribution in [3.63, 3.8) is 0 Å². The second-order valence-electron chi connectivity index (χ2n) is 13.0. The van der Waals surface area contributed by atoms with E-state index in [1.54, 1.807) is 5.56 Å². The lowest BCUT2D eigenvalue weighted by molar-refractivity contribution is 0.488. The maximum absolute atomic E-state index is 6.75. The first-order valence-corrected chi connectivity index (χ1v) is 19.1. The number of fused-ring (bicyclic) bond motifs is 7. The minimum absolute atomic E-state index is 0.161. The highest BCUT2D eigenvalue weighted by Crippen LogP contribution is 2.36. The number of benzene rings is 5. The highest BCUT2D eigenvalue weighted by Gasteiger charge is 2.47. The van der Waals surface area contributed by atoms with Crippen LogP contribution in [0.5, 0.6) is 11.5 Å². The van der Waals surface area contributed by atoms with Gasteiger partial charge >= 0.3 is 0 Å². The second-order valence-corrected chi connectivity index (χ2v) is 17.8. The van der Waals surface area contributed by atoms with Gasteiger partial charge in [0.2, 0.25) is 0 Å². The Balaban J connectivity index is 1.14. The van der Waals surface area contributed by atoms with Crippen molar-refractivity contribution < 1.29 is 4.74 Å². The van der Waals surface area contributed by atoms with Crippen molar-refractivity contribution in [3.05, 3.63) is 119 Å². The molecule has 0 fully saturated rings. The molecule has 5 heteroatoms. The van der Waals surface area contributed by atoms with E-state index in [2.05, 4.69) is 121 Å². The molecular formula is C39H33BClNOSi. The Bertz CT molecular complexity index is 2130. The van der Waals surface area contributed by atoms with Crippen LogP contribution in [0.25, 0.3) is 27.7 Å². The van der Waals surface area contributed by atoms with Crippen LogP contribution in [0.15, 0.2) is 103 Å². The summed E-state index contributed by atoms with van der Waals surface area (Å²) in [6.07, 6.45) is 4.87. The van der Waals surface area contributed by atoms with Crippen molar-refractivity contribution in [2.24, 2.45) is 0 Å². The van der Waals surface area contributed by atoms with E-state index in [4.69, 9.17) is 16.3 Å². The molecule has 1 unspecified atom stereocenters.